The van der Waals surface area contributed by atoms with E-state index in [9.17, 15) is 13.6 Å². The molecule has 0 bridgehead atoms. The van der Waals surface area contributed by atoms with E-state index < -0.39 is 17.6 Å². The second-order valence-electron chi connectivity index (χ2n) is 3.18. The Labute approximate surface area is 89.6 Å². The molecule has 0 saturated heterocycles. The van der Waals surface area contributed by atoms with Gasteiger partial charge in [0.1, 0.15) is 0 Å². The molecule has 0 radical (unpaired) electrons. The number of carboxylic acids is 1. The molecule has 1 N–H and O–H groups in total. The highest BCUT2D eigenvalue weighted by atomic mass is 19.2. The summed E-state index contributed by atoms with van der Waals surface area (Å²) in [4.78, 5) is 10.9. The van der Waals surface area contributed by atoms with Gasteiger partial charge in [-0.05, 0) is 18.2 Å². The van der Waals surface area contributed by atoms with Gasteiger partial charge in [0.05, 0.1) is 11.3 Å². The number of aromatic carboxylic acids is 1. The van der Waals surface area contributed by atoms with Crippen LogP contribution in [0.15, 0.2) is 36.7 Å². The number of hydrogen-bond donors (Lipinski definition) is 1. The maximum absolute atomic E-state index is 13.0. The molecule has 0 aliphatic rings. The molecule has 1 aromatic carbocycles. The lowest BCUT2D eigenvalue weighted by Crippen LogP contribution is -2.06. The van der Waals surface area contributed by atoms with Crippen LogP contribution in [-0.4, -0.2) is 15.6 Å². The van der Waals surface area contributed by atoms with Crippen molar-refractivity contribution in [1.29, 1.82) is 0 Å². The van der Waals surface area contributed by atoms with Crippen LogP contribution in [0.4, 0.5) is 8.78 Å². The fourth-order valence-corrected chi connectivity index (χ4v) is 1.42. The minimum Gasteiger partial charge on any atom is -0.478 e. The lowest BCUT2D eigenvalue weighted by molar-refractivity contribution is 0.0696. The largest absolute Gasteiger partial charge is 0.478 e. The second-order valence-corrected chi connectivity index (χ2v) is 3.18. The summed E-state index contributed by atoms with van der Waals surface area (Å²) in [6.07, 6.45) is 3.11. The molecule has 0 unspecified atom stereocenters. The minimum absolute atomic E-state index is 0.0939. The molecule has 0 atom stereocenters. The van der Waals surface area contributed by atoms with Crippen LogP contribution in [0.1, 0.15) is 10.4 Å². The Hall–Kier alpha value is -2.17. The van der Waals surface area contributed by atoms with E-state index >= 15 is 0 Å². The molecule has 0 aliphatic heterocycles. The summed E-state index contributed by atoms with van der Waals surface area (Å²) in [6, 6.07) is 4.85. The number of nitrogens with zero attached hydrogens (tertiary/aromatic N) is 1. The van der Waals surface area contributed by atoms with Crippen LogP contribution in [0.3, 0.4) is 0 Å². The zero-order chi connectivity index (χ0) is 11.7. The first-order chi connectivity index (χ1) is 7.59. The van der Waals surface area contributed by atoms with E-state index in [2.05, 4.69) is 0 Å². The number of hydrogen-bond acceptors (Lipinski definition) is 1. The first-order valence-electron chi connectivity index (χ1n) is 4.45. The Bertz CT molecular complexity index is 535. The van der Waals surface area contributed by atoms with Gasteiger partial charge >= 0.3 is 5.97 Å². The zero-order valence-electron chi connectivity index (χ0n) is 8.02. The van der Waals surface area contributed by atoms with E-state index in [4.69, 9.17) is 5.11 Å². The molecule has 82 valence electrons. The van der Waals surface area contributed by atoms with Gasteiger partial charge in [-0.3, -0.25) is 0 Å². The van der Waals surface area contributed by atoms with Crippen molar-refractivity contribution >= 4 is 5.97 Å². The third kappa shape index (κ3) is 1.67. The normalized spacial score (nSPS) is 10.4. The van der Waals surface area contributed by atoms with Crippen LogP contribution in [-0.2, 0) is 0 Å². The molecule has 1 aromatic heterocycles. The van der Waals surface area contributed by atoms with Crippen LogP contribution in [0.25, 0.3) is 5.69 Å². The quantitative estimate of drug-likeness (QED) is 0.849. The molecular formula is C11H7F2NO2. The topological polar surface area (TPSA) is 42.2 Å². The number of rotatable bonds is 2. The van der Waals surface area contributed by atoms with Crippen LogP contribution < -0.4 is 0 Å². The number of carboxylic acid groups (broad SMARTS) is 1. The summed E-state index contributed by atoms with van der Waals surface area (Å²) >= 11 is 0. The van der Waals surface area contributed by atoms with Crippen molar-refractivity contribution in [2.24, 2.45) is 0 Å². The molecule has 1 heterocycles. The van der Waals surface area contributed by atoms with E-state index in [1.807, 2.05) is 0 Å². The number of aromatic nitrogens is 1. The van der Waals surface area contributed by atoms with Crippen LogP contribution in [0.2, 0.25) is 0 Å². The van der Waals surface area contributed by atoms with E-state index in [0.29, 0.717) is 6.07 Å². The Morgan fingerprint density at radius 3 is 2.25 bits per heavy atom. The lowest BCUT2D eigenvalue weighted by atomic mass is 10.1. The molecule has 0 aliphatic carbocycles. The first kappa shape index (κ1) is 10.4. The first-order valence-corrected chi connectivity index (χ1v) is 4.45. The van der Waals surface area contributed by atoms with Crippen molar-refractivity contribution < 1.29 is 18.7 Å². The molecule has 2 aromatic rings. The summed E-state index contributed by atoms with van der Waals surface area (Å²) in [5.41, 5.74) is -0.188. The second kappa shape index (κ2) is 3.77. The van der Waals surface area contributed by atoms with Gasteiger partial charge in [-0.15, -0.1) is 0 Å². The maximum atomic E-state index is 13.0. The predicted octanol–water partition coefficient (Wildman–Crippen LogP) is 2.45. The standard InChI is InChI=1S/C11H7F2NO2/c12-8-5-7(11(15)16)10(6-9(8)13)14-3-1-2-4-14/h1-6H,(H,15,16). The van der Waals surface area contributed by atoms with Gasteiger partial charge in [0.15, 0.2) is 11.6 Å². The van der Waals surface area contributed by atoms with Crippen molar-refractivity contribution in [2.45, 2.75) is 0 Å². The summed E-state index contributed by atoms with van der Waals surface area (Å²) in [7, 11) is 0. The minimum atomic E-state index is -1.30. The fourth-order valence-electron chi connectivity index (χ4n) is 1.42. The van der Waals surface area contributed by atoms with Crippen molar-refractivity contribution in [1.82, 2.24) is 4.57 Å². The molecule has 0 saturated carbocycles. The van der Waals surface area contributed by atoms with Crippen LogP contribution >= 0.6 is 0 Å². The smallest absolute Gasteiger partial charge is 0.337 e. The van der Waals surface area contributed by atoms with Crippen LogP contribution in [0, 0.1) is 11.6 Å². The van der Waals surface area contributed by atoms with Gasteiger partial charge < -0.3 is 9.67 Å². The van der Waals surface area contributed by atoms with Crippen molar-refractivity contribution in [3.63, 3.8) is 0 Å². The van der Waals surface area contributed by atoms with Crippen molar-refractivity contribution in [3.05, 3.63) is 53.9 Å². The molecule has 5 heteroatoms. The van der Waals surface area contributed by atoms with Gasteiger partial charge in [-0.1, -0.05) is 0 Å². The van der Waals surface area contributed by atoms with E-state index in [1.54, 1.807) is 24.5 Å². The number of benzene rings is 1. The maximum Gasteiger partial charge on any atom is 0.337 e. The number of carbonyl (C=O) groups is 1. The van der Waals surface area contributed by atoms with E-state index in [1.165, 1.54) is 4.57 Å². The van der Waals surface area contributed by atoms with Gasteiger partial charge in [0.25, 0.3) is 0 Å². The van der Waals surface area contributed by atoms with E-state index in [-0.39, 0.29) is 11.3 Å². The highest BCUT2D eigenvalue weighted by Gasteiger charge is 2.15. The molecule has 16 heavy (non-hydrogen) atoms. The molecular weight excluding hydrogens is 216 g/mol. The fraction of sp³-hybridized carbons (Fsp3) is 0. The van der Waals surface area contributed by atoms with Crippen molar-refractivity contribution in [3.8, 4) is 5.69 Å². The summed E-state index contributed by atoms with van der Waals surface area (Å²) in [6.45, 7) is 0. The molecule has 0 spiro atoms. The van der Waals surface area contributed by atoms with Gasteiger partial charge in [-0.25, -0.2) is 13.6 Å². The third-order valence-corrected chi connectivity index (χ3v) is 2.15. The Morgan fingerprint density at radius 1 is 1.12 bits per heavy atom. The van der Waals surface area contributed by atoms with E-state index in [0.717, 1.165) is 6.07 Å². The summed E-state index contributed by atoms with van der Waals surface area (Å²) in [5, 5.41) is 8.88. The highest BCUT2D eigenvalue weighted by molar-refractivity contribution is 5.92. The molecule has 3 nitrogen and oxygen atoms in total. The molecule has 0 amide bonds. The molecule has 0 fully saturated rings. The predicted molar refractivity (Wildman–Crippen MR) is 52.6 cm³/mol. The molecule has 2 rings (SSSR count). The Kier molecular flexibility index (Phi) is 2.44. The Balaban J connectivity index is 2.68. The van der Waals surface area contributed by atoms with Gasteiger partial charge in [0, 0.05) is 18.5 Å². The monoisotopic (exact) mass is 223 g/mol. The summed E-state index contributed by atoms with van der Waals surface area (Å²) in [5.74, 6) is -3.55. The summed E-state index contributed by atoms with van der Waals surface area (Å²) < 4.78 is 27.4. The lowest BCUT2D eigenvalue weighted by Gasteiger charge is -2.07. The average molecular weight is 223 g/mol. The number of halogens is 2. The van der Waals surface area contributed by atoms with Gasteiger partial charge in [0.2, 0.25) is 0 Å². The van der Waals surface area contributed by atoms with Crippen molar-refractivity contribution in [2.75, 3.05) is 0 Å². The van der Waals surface area contributed by atoms with Crippen LogP contribution in [0.5, 0.6) is 0 Å². The average Bonchev–Trinajstić information content (AvgIpc) is 2.74. The zero-order valence-corrected chi connectivity index (χ0v) is 8.02. The SMILES string of the molecule is O=C(O)c1cc(F)c(F)cc1-n1cccc1. The third-order valence-electron chi connectivity index (χ3n) is 2.15. The highest BCUT2D eigenvalue weighted by Crippen LogP contribution is 2.19. The van der Waals surface area contributed by atoms with Gasteiger partial charge in [-0.2, -0.15) is 0 Å². The Morgan fingerprint density at radius 2 is 1.69 bits per heavy atom.